The summed E-state index contributed by atoms with van der Waals surface area (Å²) in [6.45, 7) is 4.24. The van der Waals surface area contributed by atoms with E-state index in [9.17, 15) is 4.79 Å². The highest BCUT2D eigenvalue weighted by Gasteiger charge is 2.35. The van der Waals surface area contributed by atoms with Gasteiger partial charge in [-0.25, -0.2) is 0 Å². The highest BCUT2D eigenvalue weighted by Crippen LogP contribution is 2.75. The molecule has 1 nitrogen and oxygen atoms in total. The Morgan fingerprint density at radius 3 is 1.27 bits per heavy atom. The fraction of sp³-hybridized carbons (Fsp3) is 0.533. The summed E-state index contributed by atoms with van der Waals surface area (Å²) in [5, 5.41) is 0. The molecule has 0 aliphatic carbocycles. The summed E-state index contributed by atoms with van der Waals surface area (Å²) in [4.78, 5) is 11.0. The van der Waals surface area contributed by atoms with Gasteiger partial charge in [0, 0.05) is 12.8 Å². The van der Waals surface area contributed by atoms with E-state index in [-0.39, 0.29) is 0 Å². The molecule has 0 amide bonds. The first kappa shape index (κ1) is 23.1. The van der Waals surface area contributed by atoms with Crippen LogP contribution in [0.5, 0.6) is 0 Å². The second-order valence-electron chi connectivity index (χ2n) is 5.35. The minimum absolute atomic E-state index is 0.448. The molecule has 0 N–H and O–H groups in total. The standard InChI is InChI=1S/C9H18O.C6S10/c1-3-5-7-9(10)8-6-4-2;7-1(8-4-3(7)11-15-12-4)2-9-5-6(10-2)14-16-13-5/h3-8H2,1-2H3;. The Morgan fingerprint density at radius 2 is 0.962 bits per heavy atom. The number of carbonyl (C=O) groups is 1. The zero-order valence-electron chi connectivity index (χ0n) is 14.2. The lowest BCUT2D eigenvalue weighted by molar-refractivity contribution is -0.119. The van der Waals surface area contributed by atoms with Crippen LogP contribution in [-0.2, 0) is 4.79 Å². The number of hydrogen-bond donors (Lipinski definition) is 0. The van der Waals surface area contributed by atoms with Gasteiger partial charge < -0.3 is 0 Å². The third-order valence-electron chi connectivity index (χ3n) is 3.30. The van der Waals surface area contributed by atoms with Crippen molar-refractivity contribution in [2.45, 2.75) is 52.4 Å². The third kappa shape index (κ3) is 6.70. The number of thioether (sulfide) groups is 4. The van der Waals surface area contributed by atoms with Gasteiger partial charge in [-0.15, -0.1) is 0 Å². The normalized spacial score (nSPS) is 21.3. The molecule has 0 spiro atoms. The van der Waals surface area contributed by atoms with Gasteiger partial charge in [0.15, 0.2) is 0 Å². The number of rotatable bonds is 6. The van der Waals surface area contributed by atoms with Crippen molar-refractivity contribution in [2.75, 3.05) is 0 Å². The second-order valence-corrected chi connectivity index (χ2v) is 18.8. The number of carbonyl (C=O) groups excluding carboxylic acids is 1. The zero-order chi connectivity index (χ0) is 18.4. The smallest absolute Gasteiger partial charge is 0.132 e. The van der Waals surface area contributed by atoms with Gasteiger partial charge in [0.1, 0.15) is 5.78 Å². The van der Waals surface area contributed by atoms with E-state index in [1.807, 2.05) is 110 Å². The maximum absolute atomic E-state index is 11.0. The Bertz CT molecular complexity index is 550. The van der Waals surface area contributed by atoms with Crippen molar-refractivity contribution >= 4 is 116 Å². The Hall–Kier alpha value is 2.39. The van der Waals surface area contributed by atoms with Crippen molar-refractivity contribution in [1.82, 2.24) is 0 Å². The quantitative estimate of drug-likeness (QED) is 0.303. The lowest BCUT2D eigenvalue weighted by atomic mass is 10.1. The van der Waals surface area contributed by atoms with E-state index in [1.165, 1.54) is 25.4 Å². The van der Waals surface area contributed by atoms with Crippen LogP contribution in [0.1, 0.15) is 52.4 Å². The van der Waals surface area contributed by atoms with Crippen LogP contribution >= 0.6 is 110 Å². The highest BCUT2D eigenvalue weighted by molar-refractivity contribution is 9.14. The van der Waals surface area contributed by atoms with Crippen molar-refractivity contribution in [1.29, 1.82) is 0 Å². The van der Waals surface area contributed by atoms with Crippen LogP contribution in [0.2, 0.25) is 0 Å². The SMILES string of the molecule is CCCCC(=O)CCCC.S1SC2=C(S1)SC(=C1SC3=C(SSS3)S1)S2. The van der Waals surface area contributed by atoms with Crippen LogP contribution < -0.4 is 0 Å². The minimum atomic E-state index is 0.448. The molecule has 144 valence electrons. The van der Waals surface area contributed by atoms with Crippen LogP contribution in [-0.4, -0.2) is 5.78 Å². The molecule has 0 aromatic carbocycles. The first-order chi connectivity index (χ1) is 12.7. The van der Waals surface area contributed by atoms with Gasteiger partial charge in [-0.3, -0.25) is 4.79 Å². The fourth-order valence-corrected chi connectivity index (χ4v) is 20.7. The van der Waals surface area contributed by atoms with E-state index in [4.69, 9.17) is 0 Å². The summed E-state index contributed by atoms with van der Waals surface area (Å²) in [7, 11) is 11.4. The summed E-state index contributed by atoms with van der Waals surface area (Å²) in [5.74, 6) is 0.448. The number of hydrogen-bond acceptors (Lipinski definition) is 11. The molecule has 4 rings (SSSR count). The number of Topliss-reactive ketones (excluding diaryl/α,β-unsaturated/α-hetero) is 1. The maximum Gasteiger partial charge on any atom is 0.132 e. The Kier molecular flexibility index (Phi) is 10.9. The topological polar surface area (TPSA) is 17.1 Å². The monoisotopic (exact) mass is 534 g/mol. The lowest BCUT2D eigenvalue weighted by Crippen LogP contribution is -1.96. The molecule has 0 saturated heterocycles. The minimum Gasteiger partial charge on any atom is -0.300 e. The van der Waals surface area contributed by atoms with Crippen LogP contribution in [0, 0.1) is 0 Å². The molecule has 4 aliphatic heterocycles. The van der Waals surface area contributed by atoms with Gasteiger partial charge in [-0.2, -0.15) is 0 Å². The molecule has 0 radical (unpaired) electrons. The molecule has 0 fully saturated rings. The molecule has 0 bridgehead atoms. The molecule has 0 unspecified atom stereocenters. The van der Waals surface area contributed by atoms with E-state index in [2.05, 4.69) is 13.8 Å². The first-order valence-electron chi connectivity index (χ1n) is 8.19. The van der Waals surface area contributed by atoms with E-state index < -0.39 is 0 Å². The third-order valence-corrected chi connectivity index (χ3v) is 19.2. The van der Waals surface area contributed by atoms with Crippen LogP contribution in [0.15, 0.2) is 25.4 Å². The Balaban J connectivity index is 0.000000172. The van der Waals surface area contributed by atoms with Gasteiger partial charge in [-0.1, -0.05) is 73.7 Å². The van der Waals surface area contributed by atoms with Crippen molar-refractivity contribution in [3.05, 3.63) is 25.4 Å². The molecule has 0 aromatic rings. The molecule has 0 atom stereocenters. The summed E-state index contributed by atoms with van der Waals surface area (Å²) in [6.07, 6.45) is 6.02. The van der Waals surface area contributed by atoms with E-state index in [0.717, 1.165) is 38.5 Å². The largest absolute Gasteiger partial charge is 0.300 e. The van der Waals surface area contributed by atoms with Crippen molar-refractivity contribution in [3.63, 3.8) is 0 Å². The highest BCUT2D eigenvalue weighted by atomic mass is 33.5. The van der Waals surface area contributed by atoms with E-state index in [0.29, 0.717) is 5.78 Å². The van der Waals surface area contributed by atoms with Crippen LogP contribution in [0.4, 0.5) is 0 Å². The van der Waals surface area contributed by atoms with Crippen LogP contribution in [0.25, 0.3) is 0 Å². The Labute approximate surface area is 196 Å². The first-order valence-corrected chi connectivity index (χ1v) is 18.4. The molecule has 11 heteroatoms. The number of ketones is 1. The molecular weight excluding hydrogens is 517 g/mol. The molecular formula is C15H18OS10. The average Bonchev–Trinajstić information content (AvgIpc) is 3.36. The molecule has 0 saturated carbocycles. The molecule has 4 aliphatic rings. The van der Waals surface area contributed by atoms with Crippen LogP contribution in [0.3, 0.4) is 0 Å². The Morgan fingerprint density at radius 1 is 0.615 bits per heavy atom. The van der Waals surface area contributed by atoms with Gasteiger partial charge in [0.05, 0.1) is 25.4 Å². The summed E-state index contributed by atoms with van der Waals surface area (Å²) >= 11 is 7.87. The molecule has 4 heterocycles. The lowest BCUT2D eigenvalue weighted by Gasteiger charge is -2.04. The maximum atomic E-state index is 11.0. The fourth-order valence-electron chi connectivity index (χ4n) is 1.95. The van der Waals surface area contributed by atoms with Crippen molar-refractivity contribution in [3.8, 4) is 0 Å². The van der Waals surface area contributed by atoms with Gasteiger partial charge in [0.2, 0.25) is 0 Å². The van der Waals surface area contributed by atoms with E-state index in [1.54, 1.807) is 0 Å². The predicted octanol–water partition coefficient (Wildman–Crippen LogP) is 10.3. The summed E-state index contributed by atoms with van der Waals surface area (Å²) in [5.41, 5.74) is 0. The predicted molar refractivity (Wildman–Crippen MR) is 141 cm³/mol. The van der Waals surface area contributed by atoms with Crippen molar-refractivity contribution < 1.29 is 4.79 Å². The summed E-state index contributed by atoms with van der Waals surface area (Å²) in [6, 6.07) is 0. The van der Waals surface area contributed by atoms with Gasteiger partial charge in [0.25, 0.3) is 0 Å². The summed E-state index contributed by atoms with van der Waals surface area (Å²) < 4.78 is 9.02. The van der Waals surface area contributed by atoms with E-state index >= 15 is 0 Å². The van der Waals surface area contributed by atoms with Gasteiger partial charge >= 0.3 is 0 Å². The second kappa shape index (κ2) is 12.3. The van der Waals surface area contributed by atoms with Gasteiger partial charge in [-0.05, 0) is 75.7 Å². The molecule has 26 heavy (non-hydrogen) atoms. The zero-order valence-corrected chi connectivity index (χ0v) is 22.4. The number of unbranched alkanes of at least 4 members (excludes halogenated alkanes) is 2. The average molecular weight is 535 g/mol. The molecule has 0 aromatic heterocycles. The van der Waals surface area contributed by atoms with Crippen molar-refractivity contribution in [2.24, 2.45) is 0 Å².